The summed E-state index contributed by atoms with van der Waals surface area (Å²) in [7, 11) is 1.57. The Bertz CT molecular complexity index is 203. The number of methoxy groups -OCH3 is 1. The van der Waals surface area contributed by atoms with Crippen molar-refractivity contribution < 1.29 is 4.74 Å². The van der Waals surface area contributed by atoms with Crippen molar-refractivity contribution in [2.75, 3.05) is 13.0 Å². The molecule has 0 bridgehead atoms. The van der Waals surface area contributed by atoms with Gasteiger partial charge in [-0.15, -0.1) is 21.8 Å². The van der Waals surface area contributed by atoms with Crippen LogP contribution >= 0.6 is 22.9 Å². The van der Waals surface area contributed by atoms with Crippen LogP contribution in [0.15, 0.2) is 0 Å². The average Bonchev–Trinajstić information content (AvgIpc) is 2.37. The molecule has 0 amide bonds. The Kier molecular flexibility index (Phi) is 2.89. The number of nitrogens with zero attached hydrogens (tertiary/aromatic N) is 2. The zero-order valence-electron chi connectivity index (χ0n) is 5.50. The lowest BCUT2D eigenvalue weighted by atomic mass is 10.5. The molecule has 0 saturated carbocycles. The maximum atomic E-state index is 5.49. The molecule has 0 fully saturated rings. The highest BCUT2D eigenvalue weighted by Gasteiger charge is 2.01. The third-order valence-electron chi connectivity index (χ3n) is 0.931. The summed E-state index contributed by atoms with van der Waals surface area (Å²) in [4.78, 5) is 0. The Morgan fingerprint density at radius 3 is 2.90 bits per heavy atom. The Morgan fingerprint density at radius 2 is 2.40 bits per heavy atom. The molecule has 0 N–H and O–H groups in total. The summed E-state index contributed by atoms with van der Waals surface area (Å²) in [6.07, 6.45) is 0.766. The topological polar surface area (TPSA) is 35.0 Å². The number of rotatable bonds is 3. The minimum Gasteiger partial charge on any atom is -0.472 e. The average molecular weight is 179 g/mol. The van der Waals surface area contributed by atoms with E-state index in [1.165, 1.54) is 11.3 Å². The lowest BCUT2D eigenvalue weighted by molar-refractivity contribution is 0.407. The van der Waals surface area contributed by atoms with E-state index in [2.05, 4.69) is 10.2 Å². The normalized spacial score (nSPS) is 9.80. The van der Waals surface area contributed by atoms with Crippen molar-refractivity contribution in [1.29, 1.82) is 0 Å². The number of alkyl halides is 1. The SMILES string of the molecule is COc1nnc(CCCl)s1. The first kappa shape index (κ1) is 7.75. The van der Waals surface area contributed by atoms with Gasteiger partial charge in [-0.1, -0.05) is 11.3 Å². The highest BCUT2D eigenvalue weighted by molar-refractivity contribution is 7.13. The van der Waals surface area contributed by atoms with Crippen molar-refractivity contribution in [1.82, 2.24) is 10.2 Å². The molecule has 3 nitrogen and oxygen atoms in total. The largest absolute Gasteiger partial charge is 0.472 e. The monoisotopic (exact) mass is 178 g/mol. The molecule has 0 saturated heterocycles. The Balaban J connectivity index is 2.59. The van der Waals surface area contributed by atoms with Crippen LogP contribution in [0, 0.1) is 0 Å². The maximum absolute atomic E-state index is 5.49. The smallest absolute Gasteiger partial charge is 0.293 e. The number of hydrogen-bond donors (Lipinski definition) is 0. The first-order valence-electron chi connectivity index (χ1n) is 2.79. The van der Waals surface area contributed by atoms with Crippen LogP contribution in [0.2, 0.25) is 0 Å². The van der Waals surface area contributed by atoms with Gasteiger partial charge in [0.25, 0.3) is 5.19 Å². The molecular formula is C5H7ClN2OS. The molecule has 0 aromatic carbocycles. The number of aromatic nitrogens is 2. The number of halogens is 1. The van der Waals surface area contributed by atoms with E-state index >= 15 is 0 Å². The Morgan fingerprint density at radius 1 is 1.60 bits per heavy atom. The highest BCUT2D eigenvalue weighted by Crippen LogP contribution is 2.17. The lowest BCUT2D eigenvalue weighted by Gasteiger charge is -1.85. The highest BCUT2D eigenvalue weighted by atomic mass is 35.5. The van der Waals surface area contributed by atoms with Gasteiger partial charge in [0.2, 0.25) is 0 Å². The predicted octanol–water partition coefficient (Wildman–Crippen LogP) is 1.33. The van der Waals surface area contributed by atoms with Crippen LogP contribution in [-0.4, -0.2) is 23.2 Å². The molecule has 0 unspecified atom stereocenters. The van der Waals surface area contributed by atoms with Crippen molar-refractivity contribution in [3.63, 3.8) is 0 Å². The molecule has 5 heteroatoms. The summed E-state index contributed by atoms with van der Waals surface area (Å²) < 4.78 is 4.84. The second kappa shape index (κ2) is 3.73. The lowest BCUT2D eigenvalue weighted by Crippen LogP contribution is -1.83. The second-order valence-corrected chi connectivity index (χ2v) is 3.01. The molecule has 1 aromatic rings. The summed E-state index contributed by atoms with van der Waals surface area (Å²) in [5, 5.41) is 9.10. The molecule has 10 heavy (non-hydrogen) atoms. The van der Waals surface area contributed by atoms with E-state index in [0.29, 0.717) is 11.1 Å². The quantitative estimate of drug-likeness (QED) is 0.655. The van der Waals surface area contributed by atoms with Gasteiger partial charge in [0.1, 0.15) is 5.01 Å². The predicted molar refractivity (Wildman–Crippen MR) is 40.9 cm³/mol. The van der Waals surface area contributed by atoms with Gasteiger partial charge in [0.05, 0.1) is 7.11 Å². The Labute approximate surface area is 68.0 Å². The fourth-order valence-corrected chi connectivity index (χ4v) is 1.45. The molecule has 1 rings (SSSR count). The third kappa shape index (κ3) is 1.82. The van der Waals surface area contributed by atoms with E-state index < -0.39 is 0 Å². The van der Waals surface area contributed by atoms with Gasteiger partial charge in [0, 0.05) is 12.3 Å². The standard InChI is InChI=1S/C5H7ClN2OS/c1-9-5-8-7-4(10-5)2-3-6/h2-3H2,1H3. The van der Waals surface area contributed by atoms with E-state index in [1.807, 2.05) is 0 Å². The minimum absolute atomic E-state index is 0.582. The minimum atomic E-state index is 0.582. The van der Waals surface area contributed by atoms with Crippen molar-refractivity contribution in [2.24, 2.45) is 0 Å². The van der Waals surface area contributed by atoms with Gasteiger partial charge >= 0.3 is 0 Å². The number of ether oxygens (including phenoxy) is 1. The van der Waals surface area contributed by atoms with E-state index in [4.69, 9.17) is 16.3 Å². The summed E-state index contributed by atoms with van der Waals surface area (Å²) in [5.41, 5.74) is 0. The summed E-state index contributed by atoms with van der Waals surface area (Å²) in [5.74, 6) is 0.582. The van der Waals surface area contributed by atoms with E-state index in [0.717, 1.165) is 11.4 Å². The molecule has 0 aliphatic heterocycles. The van der Waals surface area contributed by atoms with E-state index in [-0.39, 0.29) is 0 Å². The van der Waals surface area contributed by atoms with Gasteiger partial charge in [-0.05, 0) is 0 Å². The fraction of sp³-hybridized carbons (Fsp3) is 0.600. The van der Waals surface area contributed by atoms with Gasteiger partial charge in [-0.25, -0.2) is 0 Å². The first-order chi connectivity index (χ1) is 4.86. The number of hydrogen-bond acceptors (Lipinski definition) is 4. The van der Waals surface area contributed by atoms with Crippen LogP contribution in [-0.2, 0) is 6.42 Å². The van der Waals surface area contributed by atoms with Crippen LogP contribution in [0.25, 0.3) is 0 Å². The van der Waals surface area contributed by atoms with Gasteiger partial charge < -0.3 is 4.74 Å². The zero-order chi connectivity index (χ0) is 7.40. The second-order valence-electron chi connectivity index (χ2n) is 1.60. The summed E-state index contributed by atoms with van der Waals surface area (Å²) in [6, 6.07) is 0. The summed E-state index contributed by atoms with van der Waals surface area (Å²) in [6.45, 7) is 0. The Hall–Kier alpha value is -0.350. The molecule has 0 spiro atoms. The third-order valence-corrected chi connectivity index (χ3v) is 2.06. The molecule has 0 aliphatic rings. The van der Waals surface area contributed by atoms with Crippen LogP contribution in [0.1, 0.15) is 5.01 Å². The number of aryl methyl sites for hydroxylation is 1. The van der Waals surface area contributed by atoms with Crippen molar-refractivity contribution in [2.45, 2.75) is 6.42 Å². The van der Waals surface area contributed by atoms with Gasteiger partial charge in [-0.2, -0.15) is 0 Å². The first-order valence-corrected chi connectivity index (χ1v) is 4.14. The molecule has 0 atom stereocenters. The van der Waals surface area contributed by atoms with Gasteiger partial charge in [-0.3, -0.25) is 0 Å². The van der Waals surface area contributed by atoms with Crippen molar-refractivity contribution in [3.05, 3.63) is 5.01 Å². The van der Waals surface area contributed by atoms with Crippen LogP contribution in [0.3, 0.4) is 0 Å². The van der Waals surface area contributed by atoms with Crippen LogP contribution < -0.4 is 4.74 Å². The molecule has 0 aliphatic carbocycles. The van der Waals surface area contributed by atoms with Crippen molar-refractivity contribution >= 4 is 22.9 Å². The molecule has 1 heterocycles. The maximum Gasteiger partial charge on any atom is 0.293 e. The van der Waals surface area contributed by atoms with Gasteiger partial charge in [0.15, 0.2) is 0 Å². The fourth-order valence-electron chi connectivity index (χ4n) is 0.503. The van der Waals surface area contributed by atoms with Crippen LogP contribution in [0.4, 0.5) is 0 Å². The molecular weight excluding hydrogens is 172 g/mol. The molecule has 0 radical (unpaired) electrons. The van der Waals surface area contributed by atoms with Crippen molar-refractivity contribution in [3.8, 4) is 5.19 Å². The molecule has 1 aromatic heterocycles. The van der Waals surface area contributed by atoms with E-state index in [1.54, 1.807) is 7.11 Å². The van der Waals surface area contributed by atoms with E-state index in [9.17, 15) is 0 Å². The zero-order valence-corrected chi connectivity index (χ0v) is 7.08. The molecule has 56 valence electrons. The van der Waals surface area contributed by atoms with Crippen LogP contribution in [0.5, 0.6) is 5.19 Å². The summed E-state index contributed by atoms with van der Waals surface area (Å²) >= 11 is 6.92.